The van der Waals surface area contributed by atoms with Crippen molar-refractivity contribution < 1.29 is 4.79 Å². The normalized spacial score (nSPS) is 11.3. The summed E-state index contributed by atoms with van der Waals surface area (Å²) in [6, 6.07) is 10.1. The van der Waals surface area contributed by atoms with Gasteiger partial charge in [-0.2, -0.15) is 0 Å². The Hall–Kier alpha value is -2.12. The molecular formula is C20H23N3O2S2. The van der Waals surface area contributed by atoms with Gasteiger partial charge in [-0.15, -0.1) is 11.3 Å². The molecule has 1 aromatic carbocycles. The van der Waals surface area contributed by atoms with Crippen molar-refractivity contribution in [3.8, 4) is 10.4 Å². The van der Waals surface area contributed by atoms with Gasteiger partial charge in [0.05, 0.1) is 11.1 Å². The summed E-state index contributed by atoms with van der Waals surface area (Å²) in [4.78, 5) is 31.6. The van der Waals surface area contributed by atoms with Gasteiger partial charge in [-0.1, -0.05) is 42.1 Å². The minimum absolute atomic E-state index is 0.0369. The predicted octanol–water partition coefficient (Wildman–Crippen LogP) is 4.07. The van der Waals surface area contributed by atoms with E-state index in [9.17, 15) is 9.59 Å². The molecule has 3 rings (SSSR count). The van der Waals surface area contributed by atoms with E-state index < -0.39 is 0 Å². The number of fused-ring (bicyclic) bond motifs is 1. The lowest BCUT2D eigenvalue weighted by Gasteiger charge is -2.11. The molecule has 0 aliphatic carbocycles. The van der Waals surface area contributed by atoms with E-state index in [0.717, 1.165) is 20.8 Å². The first kappa shape index (κ1) is 19.6. The van der Waals surface area contributed by atoms with Gasteiger partial charge in [0.15, 0.2) is 5.16 Å². The molecule has 0 spiro atoms. The van der Waals surface area contributed by atoms with Crippen LogP contribution in [0, 0.1) is 6.92 Å². The van der Waals surface area contributed by atoms with Crippen LogP contribution in [0.1, 0.15) is 26.3 Å². The van der Waals surface area contributed by atoms with Crippen LogP contribution in [0.15, 0.2) is 40.3 Å². The van der Waals surface area contributed by atoms with Crippen LogP contribution >= 0.6 is 23.1 Å². The van der Waals surface area contributed by atoms with Crippen molar-refractivity contribution in [2.45, 2.75) is 45.4 Å². The molecule has 0 radical (unpaired) electrons. The van der Waals surface area contributed by atoms with Gasteiger partial charge in [0.25, 0.3) is 5.56 Å². The number of aryl methyl sites for hydroxylation is 1. The van der Waals surface area contributed by atoms with Gasteiger partial charge in [-0.25, -0.2) is 4.98 Å². The number of benzene rings is 1. The number of carbonyl (C=O) groups is 1. The highest BCUT2D eigenvalue weighted by molar-refractivity contribution is 7.99. The second-order valence-corrected chi connectivity index (χ2v) is 8.50. The largest absolute Gasteiger partial charge is 0.353 e. The first-order valence-corrected chi connectivity index (χ1v) is 10.7. The van der Waals surface area contributed by atoms with Crippen molar-refractivity contribution >= 4 is 39.2 Å². The molecule has 1 amide bonds. The SMILES string of the molecule is CCn1c(SCC(=O)NC(C)C)nc2sc(-c3ccccc3)c(C)c2c1=O. The average Bonchev–Trinajstić information content (AvgIpc) is 2.97. The number of aromatic nitrogens is 2. The maximum Gasteiger partial charge on any atom is 0.263 e. The monoisotopic (exact) mass is 401 g/mol. The van der Waals surface area contributed by atoms with Gasteiger partial charge < -0.3 is 5.32 Å². The van der Waals surface area contributed by atoms with Gasteiger partial charge in [0, 0.05) is 17.5 Å². The van der Waals surface area contributed by atoms with Crippen molar-refractivity contribution in [2.75, 3.05) is 5.75 Å². The zero-order valence-corrected chi connectivity index (χ0v) is 17.5. The second kappa shape index (κ2) is 8.27. The Balaban J connectivity index is 2.04. The summed E-state index contributed by atoms with van der Waals surface area (Å²) in [7, 11) is 0. The maximum atomic E-state index is 13.1. The summed E-state index contributed by atoms with van der Waals surface area (Å²) < 4.78 is 1.66. The van der Waals surface area contributed by atoms with Gasteiger partial charge in [-0.3, -0.25) is 14.2 Å². The maximum absolute atomic E-state index is 13.1. The minimum atomic E-state index is -0.0562. The van der Waals surface area contributed by atoms with Crippen LogP contribution < -0.4 is 10.9 Å². The van der Waals surface area contributed by atoms with Crippen LogP contribution in [-0.4, -0.2) is 27.3 Å². The van der Waals surface area contributed by atoms with Crippen molar-refractivity contribution in [1.82, 2.24) is 14.9 Å². The van der Waals surface area contributed by atoms with Crippen molar-refractivity contribution in [3.63, 3.8) is 0 Å². The molecule has 0 saturated heterocycles. The van der Waals surface area contributed by atoms with E-state index in [1.54, 1.807) is 4.57 Å². The Labute approximate surface area is 166 Å². The van der Waals surface area contributed by atoms with E-state index in [1.165, 1.54) is 23.1 Å². The number of hydrogen-bond acceptors (Lipinski definition) is 5. The third-order valence-electron chi connectivity index (χ3n) is 4.15. The minimum Gasteiger partial charge on any atom is -0.353 e. The topological polar surface area (TPSA) is 64.0 Å². The molecule has 0 atom stereocenters. The van der Waals surface area contributed by atoms with Crippen LogP contribution in [-0.2, 0) is 11.3 Å². The Bertz CT molecular complexity index is 1020. The molecule has 0 saturated carbocycles. The smallest absolute Gasteiger partial charge is 0.263 e. The lowest BCUT2D eigenvalue weighted by atomic mass is 10.1. The number of amides is 1. The molecular weight excluding hydrogens is 378 g/mol. The number of thiophene rings is 1. The summed E-state index contributed by atoms with van der Waals surface area (Å²) in [5, 5.41) is 4.13. The van der Waals surface area contributed by atoms with E-state index >= 15 is 0 Å². The zero-order valence-electron chi connectivity index (χ0n) is 15.9. The molecule has 0 unspecified atom stereocenters. The molecule has 3 aromatic rings. The lowest BCUT2D eigenvalue weighted by molar-refractivity contribution is -0.119. The van der Waals surface area contributed by atoms with Gasteiger partial charge >= 0.3 is 0 Å². The highest BCUT2D eigenvalue weighted by atomic mass is 32.2. The molecule has 7 heteroatoms. The first-order chi connectivity index (χ1) is 12.9. The van der Waals surface area contributed by atoms with Crippen LogP contribution in [0.4, 0.5) is 0 Å². The van der Waals surface area contributed by atoms with Gasteiger partial charge in [0.1, 0.15) is 4.83 Å². The molecule has 0 fully saturated rings. The predicted molar refractivity (Wildman–Crippen MR) is 114 cm³/mol. The fourth-order valence-corrected chi connectivity index (χ4v) is 5.05. The number of carbonyl (C=O) groups excluding carboxylic acids is 1. The first-order valence-electron chi connectivity index (χ1n) is 8.93. The van der Waals surface area contributed by atoms with Crippen LogP contribution in [0.3, 0.4) is 0 Å². The summed E-state index contributed by atoms with van der Waals surface area (Å²) in [5.74, 6) is 0.186. The van der Waals surface area contributed by atoms with Crippen molar-refractivity contribution in [3.05, 3.63) is 46.2 Å². The highest BCUT2D eigenvalue weighted by Crippen LogP contribution is 2.36. The Morgan fingerprint density at radius 1 is 1.30 bits per heavy atom. The summed E-state index contributed by atoms with van der Waals surface area (Å²) >= 11 is 2.84. The van der Waals surface area contributed by atoms with Crippen molar-refractivity contribution in [2.24, 2.45) is 0 Å². The van der Waals surface area contributed by atoms with E-state index in [2.05, 4.69) is 5.32 Å². The Kier molecular flexibility index (Phi) is 6.01. The molecule has 142 valence electrons. The highest BCUT2D eigenvalue weighted by Gasteiger charge is 2.19. The molecule has 2 aromatic heterocycles. The quantitative estimate of drug-likeness (QED) is 0.499. The standard InChI is InChI=1S/C20H23N3O2S2/c1-5-23-19(25)16-13(4)17(14-9-7-6-8-10-14)27-18(16)22-20(23)26-11-15(24)21-12(2)3/h6-10,12H,5,11H2,1-4H3,(H,21,24). The van der Waals surface area contributed by atoms with E-state index in [4.69, 9.17) is 4.98 Å². The number of nitrogens with one attached hydrogen (secondary N) is 1. The molecule has 1 N–H and O–H groups in total. The van der Waals surface area contributed by atoms with E-state index in [0.29, 0.717) is 17.1 Å². The molecule has 27 heavy (non-hydrogen) atoms. The number of hydrogen-bond donors (Lipinski definition) is 1. The van der Waals surface area contributed by atoms with Crippen LogP contribution in [0.5, 0.6) is 0 Å². The van der Waals surface area contributed by atoms with Crippen LogP contribution in [0.25, 0.3) is 20.7 Å². The molecule has 0 aliphatic heterocycles. The fraction of sp³-hybridized carbons (Fsp3) is 0.350. The van der Waals surface area contributed by atoms with Crippen molar-refractivity contribution in [1.29, 1.82) is 0 Å². The molecule has 5 nitrogen and oxygen atoms in total. The second-order valence-electron chi connectivity index (χ2n) is 6.56. The van der Waals surface area contributed by atoms with E-state index in [-0.39, 0.29) is 23.3 Å². The van der Waals surface area contributed by atoms with Crippen LogP contribution in [0.2, 0.25) is 0 Å². The lowest BCUT2D eigenvalue weighted by Crippen LogP contribution is -2.32. The molecule has 0 aliphatic rings. The van der Waals surface area contributed by atoms with Gasteiger partial charge in [0.2, 0.25) is 5.91 Å². The molecule has 2 heterocycles. The zero-order chi connectivity index (χ0) is 19.6. The Morgan fingerprint density at radius 2 is 2.00 bits per heavy atom. The summed E-state index contributed by atoms with van der Waals surface area (Å²) in [5.41, 5.74) is 2.02. The fourth-order valence-electron chi connectivity index (χ4n) is 2.95. The number of rotatable bonds is 6. The summed E-state index contributed by atoms with van der Waals surface area (Å²) in [6.07, 6.45) is 0. The molecule has 0 bridgehead atoms. The number of nitrogens with zero attached hydrogens (tertiary/aromatic N) is 2. The summed E-state index contributed by atoms with van der Waals surface area (Å²) in [6.45, 7) is 8.27. The Morgan fingerprint density at radius 3 is 2.63 bits per heavy atom. The van der Waals surface area contributed by atoms with E-state index in [1.807, 2.05) is 58.0 Å². The average molecular weight is 402 g/mol. The third kappa shape index (κ3) is 4.09. The number of thioether (sulfide) groups is 1. The third-order valence-corrected chi connectivity index (χ3v) is 6.36. The van der Waals surface area contributed by atoms with Gasteiger partial charge in [-0.05, 0) is 38.8 Å².